The summed E-state index contributed by atoms with van der Waals surface area (Å²) >= 11 is 0. The average Bonchev–Trinajstić information content (AvgIpc) is 2.99. The molecule has 0 atom stereocenters. The van der Waals surface area contributed by atoms with Crippen LogP contribution in [0.1, 0.15) is 123 Å². The van der Waals surface area contributed by atoms with Crippen molar-refractivity contribution in [3.05, 3.63) is 106 Å². The topological polar surface area (TPSA) is 78.9 Å². The van der Waals surface area contributed by atoms with Gasteiger partial charge in [-0.3, -0.25) is 0 Å². The Balaban J connectivity index is 1.84. The summed E-state index contributed by atoms with van der Waals surface area (Å²) < 4.78 is 17.5. The van der Waals surface area contributed by atoms with E-state index >= 15 is 0 Å². The summed E-state index contributed by atoms with van der Waals surface area (Å²) in [6, 6.07) is 22.1. The van der Waals surface area contributed by atoms with Crippen LogP contribution in [0.4, 0.5) is 0 Å². The Morgan fingerprint density at radius 3 is 0.978 bits per heavy atom. The number of rotatable bonds is 10. The van der Waals surface area contributed by atoms with Crippen molar-refractivity contribution in [1.82, 2.24) is 0 Å². The third-order valence-corrected chi connectivity index (χ3v) is 8.17. The van der Waals surface area contributed by atoms with E-state index in [1.807, 2.05) is 61.5 Å². The molecule has 3 aromatic rings. The van der Waals surface area contributed by atoms with Gasteiger partial charge in [0.05, 0.1) is 22.1 Å². The molecule has 0 unspecified atom stereocenters. The SMILES string of the molecule is CCC(COC(=O)c1cccc(C(C)(C)C)c1)(COC(=O)c1cccc(C(C)(C)C)c1)COC(=O)c1cccc(C(C)(C)C)c1. The number of hydrogen-bond acceptors (Lipinski definition) is 6. The predicted octanol–water partition coefficient (Wildman–Crippen LogP) is 8.85. The molecule has 0 heterocycles. The van der Waals surface area contributed by atoms with Gasteiger partial charge in [0.15, 0.2) is 0 Å². The van der Waals surface area contributed by atoms with E-state index in [4.69, 9.17) is 14.2 Å². The van der Waals surface area contributed by atoms with Gasteiger partial charge in [0.25, 0.3) is 0 Å². The van der Waals surface area contributed by atoms with Crippen LogP contribution >= 0.6 is 0 Å². The fourth-order valence-electron chi connectivity index (χ4n) is 4.68. The molecule has 242 valence electrons. The second-order valence-corrected chi connectivity index (χ2v) is 15.1. The highest BCUT2D eigenvalue weighted by molar-refractivity contribution is 5.91. The molecule has 0 spiro atoms. The molecule has 0 aliphatic carbocycles. The van der Waals surface area contributed by atoms with Crippen LogP contribution in [0.15, 0.2) is 72.8 Å². The van der Waals surface area contributed by atoms with Gasteiger partial charge in [-0.1, -0.05) is 106 Å². The van der Waals surface area contributed by atoms with Crippen molar-refractivity contribution in [2.45, 2.75) is 91.9 Å². The fourth-order valence-corrected chi connectivity index (χ4v) is 4.68. The lowest BCUT2D eigenvalue weighted by Gasteiger charge is -2.31. The van der Waals surface area contributed by atoms with Crippen LogP contribution in [0.2, 0.25) is 0 Å². The largest absolute Gasteiger partial charge is 0.461 e. The Bertz CT molecular complexity index is 1320. The second-order valence-electron chi connectivity index (χ2n) is 15.1. The summed E-state index contributed by atoms with van der Waals surface area (Å²) in [5, 5.41) is 0. The van der Waals surface area contributed by atoms with E-state index < -0.39 is 23.3 Å². The standard InChI is InChI=1S/C39H50O6/c1-11-39(24-43-33(40)27-15-12-18-30(21-27)36(2,3)4,25-44-34(41)28-16-13-19-31(22-28)37(5,6)7)26-45-35(42)29-17-14-20-32(23-29)38(8,9)10/h12-23H,11,24-26H2,1-10H3. The average molecular weight is 615 g/mol. The first-order chi connectivity index (χ1) is 20.8. The highest BCUT2D eigenvalue weighted by Crippen LogP contribution is 2.29. The zero-order chi connectivity index (χ0) is 33.6. The molecule has 0 saturated carbocycles. The molecule has 6 nitrogen and oxygen atoms in total. The van der Waals surface area contributed by atoms with Crippen molar-refractivity contribution in [2.24, 2.45) is 5.41 Å². The van der Waals surface area contributed by atoms with Crippen molar-refractivity contribution in [3.8, 4) is 0 Å². The summed E-state index contributed by atoms with van der Waals surface area (Å²) in [5.41, 5.74) is 2.94. The normalized spacial score (nSPS) is 12.4. The van der Waals surface area contributed by atoms with Gasteiger partial charge >= 0.3 is 17.9 Å². The number of ether oxygens (including phenoxy) is 3. The van der Waals surface area contributed by atoms with E-state index in [9.17, 15) is 14.4 Å². The highest BCUT2D eigenvalue weighted by Gasteiger charge is 2.35. The maximum atomic E-state index is 13.2. The van der Waals surface area contributed by atoms with Crippen molar-refractivity contribution in [2.75, 3.05) is 19.8 Å². The minimum Gasteiger partial charge on any atom is -0.461 e. The van der Waals surface area contributed by atoms with E-state index in [0.29, 0.717) is 23.1 Å². The van der Waals surface area contributed by atoms with Gasteiger partial charge in [0, 0.05) is 0 Å². The van der Waals surface area contributed by atoms with Gasteiger partial charge in [-0.15, -0.1) is 0 Å². The third kappa shape index (κ3) is 9.78. The fraction of sp³-hybridized carbons (Fsp3) is 0.462. The Kier molecular flexibility index (Phi) is 11.1. The van der Waals surface area contributed by atoms with Crippen LogP contribution < -0.4 is 0 Å². The molecular formula is C39H50O6. The van der Waals surface area contributed by atoms with E-state index in [0.717, 1.165) is 16.7 Å². The Hall–Kier alpha value is -3.93. The predicted molar refractivity (Wildman–Crippen MR) is 179 cm³/mol. The minimum atomic E-state index is -0.966. The van der Waals surface area contributed by atoms with Gasteiger partial charge in [0.2, 0.25) is 0 Å². The lowest BCUT2D eigenvalue weighted by Crippen LogP contribution is -2.39. The van der Waals surface area contributed by atoms with Crippen LogP contribution in [0.25, 0.3) is 0 Å². The van der Waals surface area contributed by atoms with Crippen molar-refractivity contribution in [3.63, 3.8) is 0 Å². The van der Waals surface area contributed by atoms with Crippen LogP contribution in [0.3, 0.4) is 0 Å². The molecule has 0 fully saturated rings. The van der Waals surface area contributed by atoms with Gasteiger partial charge in [-0.05, 0) is 75.8 Å². The molecule has 3 aromatic carbocycles. The summed E-state index contributed by atoms with van der Waals surface area (Å²) in [5.74, 6) is -1.48. The van der Waals surface area contributed by atoms with E-state index in [-0.39, 0.29) is 36.1 Å². The molecule has 0 aliphatic rings. The summed E-state index contributed by atoms with van der Waals surface area (Å²) in [6.45, 7) is 20.3. The first kappa shape index (κ1) is 35.5. The first-order valence-corrected chi connectivity index (χ1v) is 15.7. The summed E-state index contributed by atoms with van der Waals surface area (Å²) in [6.07, 6.45) is 0.424. The number of carbonyl (C=O) groups is 3. The maximum absolute atomic E-state index is 13.2. The smallest absolute Gasteiger partial charge is 0.338 e. The van der Waals surface area contributed by atoms with Gasteiger partial charge in [0.1, 0.15) is 19.8 Å². The Labute approximate surface area is 269 Å². The molecule has 0 saturated heterocycles. The molecule has 3 rings (SSSR count). The molecule has 0 bridgehead atoms. The number of hydrogen-bond donors (Lipinski definition) is 0. The van der Waals surface area contributed by atoms with Crippen LogP contribution in [0, 0.1) is 5.41 Å². The number of benzene rings is 3. The Morgan fingerprint density at radius 1 is 0.489 bits per heavy atom. The van der Waals surface area contributed by atoms with Crippen molar-refractivity contribution in [1.29, 1.82) is 0 Å². The second kappa shape index (κ2) is 14.0. The van der Waals surface area contributed by atoms with Crippen LogP contribution in [0.5, 0.6) is 0 Å². The minimum absolute atomic E-state index is 0.104. The van der Waals surface area contributed by atoms with Gasteiger partial charge in [-0.2, -0.15) is 0 Å². The molecule has 0 amide bonds. The molecule has 6 heteroatoms. The van der Waals surface area contributed by atoms with Crippen LogP contribution in [-0.4, -0.2) is 37.7 Å². The van der Waals surface area contributed by atoms with Crippen LogP contribution in [-0.2, 0) is 30.5 Å². The third-order valence-electron chi connectivity index (χ3n) is 8.17. The van der Waals surface area contributed by atoms with E-state index in [1.165, 1.54) is 0 Å². The number of esters is 3. The molecular weight excluding hydrogens is 564 g/mol. The maximum Gasteiger partial charge on any atom is 0.338 e. The van der Waals surface area contributed by atoms with Gasteiger partial charge < -0.3 is 14.2 Å². The quantitative estimate of drug-likeness (QED) is 0.168. The molecule has 0 N–H and O–H groups in total. The summed E-state index contributed by atoms with van der Waals surface area (Å²) in [7, 11) is 0. The highest BCUT2D eigenvalue weighted by atomic mass is 16.6. The van der Waals surface area contributed by atoms with E-state index in [2.05, 4.69) is 62.3 Å². The Morgan fingerprint density at radius 2 is 0.756 bits per heavy atom. The first-order valence-electron chi connectivity index (χ1n) is 15.7. The zero-order valence-corrected chi connectivity index (χ0v) is 28.7. The lowest BCUT2D eigenvalue weighted by atomic mass is 9.86. The monoisotopic (exact) mass is 614 g/mol. The molecule has 0 aromatic heterocycles. The number of carbonyl (C=O) groups excluding carboxylic acids is 3. The van der Waals surface area contributed by atoms with Gasteiger partial charge in [-0.25, -0.2) is 14.4 Å². The van der Waals surface area contributed by atoms with Crippen molar-refractivity contribution < 1.29 is 28.6 Å². The lowest BCUT2D eigenvalue weighted by molar-refractivity contribution is -0.0381. The molecule has 0 aliphatic heterocycles. The summed E-state index contributed by atoms with van der Waals surface area (Å²) in [4.78, 5) is 39.7. The molecule has 0 radical (unpaired) electrons. The zero-order valence-electron chi connectivity index (χ0n) is 28.7. The molecule has 45 heavy (non-hydrogen) atoms. The van der Waals surface area contributed by atoms with Crippen molar-refractivity contribution >= 4 is 17.9 Å². The van der Waals surface area contributed by atoms with E-state index in [1.54, 1.807) is 18.2 Å².